The summed E-state index contributed by atoms with van der Waals surface area (Å²) in [5.74, 6) is 0. The zero-order valence-electron chi connectivity index (χ0n) is 3.00. The smallest absolute Gasteiger partial charge is 0.187 e. The van der Waals surface area contributed by atoms with Crippen LogP contribution in [0, 0.1) is 0 Å². The predicted molar refractivity (Wildman–Crippen MR) is 28.0 cm³/mol. The van der Waals surface area contributed by atoms with E-state index in [-0.39, 0.29) is 66.5 Å². The first-order chi connectivity index (χ1) is 0. The van der Waals surface area contributed by atoms with Gasteiger partial charge < -0.3 is 27.4 Å². The fraction of sp³-hybridized carbons (Fsp3) is 0. The Hall–Kier alpha value is 1.05. The fourth-order valence-corrected chi connectivity index (χ4v) is 0. The molecule has 0 saturated heterocycles. The molecule has 7 heavy (non-hydrogen) atoms. The van der Waals surface area contributed by atoms with E-state index >= 15 is 0 Å². The van der Waals surface area contributed by atoms with Gasteiger partial charge in [0.15, 0.2) is 17.4 Å². The maximum Gasteiger partial charge on any atom is 0.187 e. The van der Waals surface area contributed by atoms with E-state index in [1.807, 2.05) is 0 Å². The number of hydrogen-bond donors (Lipinski definition) is 0. The molecular weight excluding hydrogens is 155 g/mol. The molecule has 0 fully saturated rings. The Kier molecular flexibility index (Phi) is 12300. The molecule has 5 nitrogen and oxygen atoms in total. The van der Waals surface area contributed by atoms with E-state index in [2.05, 4.69) is 0 Å². The van der Waals surface area contributed by atoms with Gasteiger partial charge in [0.25, 0.3) is 0 Å². The van der Waals surface area contributed by atoms with Crippen LogP contribution in [0.3, 0.4) is 0 Å². The van der Waals surface area contributed by atoms with E-state index in [4.69, 9.17) is 0 Å². The largest absolute Gasteiger partial charge is 0.412 e. The summed E-state index contributed by atoms with van der Waals surface area (Å²) in [5.41, 5.74) is 0. The molecule has 0 aliphatic carbocycles. The second kappa shape index (κ2) is 235. The van der Waals surface area contributed by atoms with Crippen molar-refractivity contribution in [2.24, 2.45) is 0 Å². The van der Waals surface area contributed by atoms with Gasteiger partial charge in [0.1, 0.15) is 0 Å². The van der Waals surface area contributed by atoms with Crippen molar-refractivity contribution in [3.8, 4) is 0 Å². The molecule has 0 amide bonds. The van der Waals surface area contributed by atoms with Crippen molar-refractivity contribution < 1.29 is 49.1 Å². The first-order valence-electron chi connectivity index (χ1n) is 0. The monoisotopic (exact) mass is 168 g/mol. The molecule has 0 aromatic rings. The topological polar surface area (TPSA) is 158 Å². The third-order valence-corrected chi connectivity index (χ3v) is 0. The standard InChI is InChI=1S/Al.5H2O.Ti.3H/h;5*1H2;;;;. The summed E-state index contributed by atoms with van der Waals surface area (Å²) in [5, 5.41) is 0. The van der Waals surface area contributed by atoms with Gasteiger partial charge in [0.2, 0.25) is 0 Å². The third kappa shape index (κ3) is 164. The summed E-state index contributed by atoms with van der Waals surface area (Å²) in [6.07, 6.45) is 0. The van der Waals surface area contributed by atoms with E-state index < -0.39 is 0 Å². The van der Waals surface area contributed by atoms with Crippen LogP contribution in [0.15, 0.2) is 0 Å². The normalized spacial score (nSPS) is 0. The third-order valence-electron chi connectivity index (χ3n) is 0. The van der Waals surface area contributed by atoms with E-state index in [0.717, 1.165) is 0 Å². The predicted octanol–water partition coefficient (Wildman–Crippen LogP) is -5.31. The molecule has 0 aliphatic rings. The van der Waals surface area contributed by atoms with Gasteiger partial charge in [0, 0.05) is 21.7 Å². The number of rotatable bonds is 0. The van der Waals surface area contributed by atoms with Crippen molar-refractivity contribution in [1.29, 1.82) is 0 Å². The van der Waals surface area contributed by atoms with Crippen LogP contribution in [-0.2, 0) is 21.7 Å². The molecule has 10 N–H and O–H groups in total. The summed E-state index contributed by atoms with van der Waals surface area (Å²) in [4.78, 5) is 0. The summed E-state index contributed by atoms with van der Waals surface area (Å²) in [6.45, 7) is 0. The summed E-state index contributed by atoms with van der Waals surface area (Å²) < 4.78 is 0. The van der Waals surface area contributed by atoms with Crippen LogP contribution in [0.2, 0.25) is 0 Å². The molecule has 0 radical (unpaired) electrons. The quantitative estimate of drug-likeness (QED) is 0.316. The van der Waals surface area contributed by atoms with Gasteiger partial charge in [-0.25, -0.2) is 0 Å². The molecule has 0 atom stereocenters. The van der Waals surface area contributed by atoms with E-state index in [1.54, 1.807) is 0 Å². The minimum absolute atomic E-state index is 0. The Morgan fingerprint density at radius 3 is 0.429 bits per heavy atom. The van der Waals surface area contributed by atoms with Crippen LogP contribution in [0.1, 0.15) is 0 Å². The minimum atomic E-state index is 0. The molecular formula is H13AlO5Ti. The van der Waals surface area contributed by atoms with Gasteiger partial charge >= 0.3 is 0 Å². The van der Waals surface area contributed by atoms with Crippen LogP contribution < -0.4 is 0 Å². The maximum absolute atomic E-state index is 0. The fourth-order valence-electron chi connectivity index (χ4n) is 0. The van der Waals surface area contributed by atoms with E-state index in [0.29, 0.717) is 0 Å². The van der Waals surface area contributed by atoms with Crippen molar-refractivity contribution >= 4 is 17.4 Å². The van der Waals surface area contributed by atoms with E-state index in [1.165, 1.54) is 0 Å². The van der Waals surface area contributed by atoms with Gasteiger partial charge in [-0.1, -0.05) is 0 Å². The van der Waals surface area contributed by atoms with Crippen LogP contribution in [-0.4, -0.2) is 44.7 Å². The molecule has 0 aromatic heterocycles. The van der Waals surface area contributed by atoms with Gasteiger partial charge in [-0.3, -0.25) is 0 Å². The average Bonchev–Trinajstić information content (AvgIpc) is 0. The molecule has 0 bridgehead atoms. The van der Waals surface area contributed by atoms with Gasteiger partial charge in [-0.2, -0.15) is 0 Å². The average molecular weight is 168 g/mol. The molecule has 0 spiro atoms. The molecule has 0 aromatic carbocycles. The molecule has 0 rings (SSSR count). The van der Waals surface area contributed by atoms with Crippen molar-refractivity contribution in [2.75, 3.05) is 0 Å². The van der Waals surface area contributed by atoms with Gasteiger partial charge in [-0.15, -0.1) is 0 Å². The Balaban J connectivity index is 0. The zero-order chi connectivity index (χ0) is 0. The molecule has 7 heteroatoms. The van der Waals surface area contributed by atoms with Crippen molar-refractivity contribution in [3.63, 3.8) is 0 Å². The Bertz CT molecular complexity index is 8.04. The number of hydrogen-bond acceptors (Lipinski definition) is 0. The van der Waals surface area contributed by atoms with Crippen LogP contribution in [0.5, 0.6) is 0 Å². The Morgan fingerprint density at radius 1 is 0.429 bits per heavy atom. The zero-order valence-corrected chi connectivity index (χ0v) is 4.56. The first kappa shape index (κ1) is 365. The molecule has 0 aliphatic heterocycles. The van der Waals surface area contributed by atoms with Crippen LogP contribution in [0.25, 0.3) is 0 Å². The molecule has 0 heterocycles. The second-order valence-electron chi connectivity index (χ2n) is 0. The Morgan fingerprint density at radius 2 is 0.429 bits per heavy atom. The summed E-state index contributed by atoms with van der Waals surface area (Å²) in [7, 11) is 0. The minimum Gasteiger partial charge on any atom is -0.412 e. The van der Waals surface area contributed by atoms with Crippen molar-refractivity contribution in [2.45, 2.75) is 0 Å². The van der Waals surface area contributed by atoms with Crippen molar-refractivity contribution in [3.05, 3.63) is 0 Å². The van der Waals surface area contributed by atoms with Crippen LogP contribution >= 0.6 is 0 Å². The molecule has 0 unspecified atom stereocenters. The summed E-state index contributed by atoms with van der Waals surface area (Å²) >= 11 is 0. The molecule has 50 valence electrons. The molecule has 0 saturated carbocycles. The van der Waals surface area contributed by atoms with E-state index in [9.17, 15) is 0 Å². The second-order valence-corrected chi connectivity index (χ2v) is 0. The van der Waals surface area contributed by atoms with Gasteiger partial charge in [-0.05, 0) is 0 Å². The maximum atomic E-state index is 0. The Labute approximate surface area is 66.7 Å². The SMILES string of the molecule is O.O.O.O.O.[AlH3].[Ti]. The first-order valence-corrected chi connectivity index (χ1v) is 0. The summed E-state index contributed by atoms with van der Waals surface area (Å²) in [6, 6.07) is 0. The van der Waals surface area contributed by atoms with Gasteiger partial charge in [0.05, 0.1) is 0 Å². The van der Waals surface area contributed by atoms with Crippen LogP contribution in [0.4, 0.5) is 0 Å². The van der Waals surface area contributed by atoms with Crippen molar-refractivity contribution in [1.82, 2.24) is 0 Å².